The van der Waals surface area contributed by atoms with Crippen LogP contribution in [0, 0.1) is 17.2 Å². The van der Waals surface area contributed by atoms with Gasteiger partial charge >= 0.3 is 12.1 Å². The molecule has 0 bridgehead atoms. The van der Waals surface area contributed by atoms with Gasteiger partial charge in [0.25, 0.3) is 0 Å². The number of hydrogen-bond acceptors (Lipinski definition) is 4. The van der Waals surface area contributed by atoms with Crippen LogP contribution in [0.4, 0.5) is 13.2 Å². The van der Waals surface area contributed by atoms with Crippen molar-refractivity contribution in [2.75, 3.05) is 0 Å². The van der Waals surface area contributed by atoms with Crippen LogP contribution < -0.4 is 4.74 Å². The van der Waals surface area contributed by atoms with Crippen LogP contribution in [0.2, 0.25) is 0 Å². The Bertz CT molecular complexity index is 1060. The van der Waals surface area contributed by atoms with Crippen molar-refractivity contribution in [3.63, 3.8) is 0 Å². The summed E-state index contributed by atoms with van der Waals surface area (Å²) in [7, 11) is 0. The second-order valence-electron chi connectivity index (χ2n) is 9.69. The summed E-state index contributed by atoms with van der Waals surface area (Å²) < 4.78 is 49.9. The Balaban J connectivity index is 2.13. The first-order chi connectivity index (χ1) is 15.6. The zero-order valence-electron chi connectivity index (χ0n) is 20.3. The lowest BCUT2D eigenvalue weighted by atomic mass is 9.91. The van der Waals surface area contributed by atoms with Crippen molar-refractivity contribution in [2.45, 2.75) is 65.3 Å². The van der Waals surface area contributed by atoms with Gasteiger partial charge in [0.2, 0.25) is 0 Å². The summed E-state index contributed by atoms with van der Waals surface area (Å²) >= 11 is 0. The second-order valence-corrected chi connectivity index (χ2v) is 9.69. The van der Waals surface area contributed by atoms with Gasteiger partial charge in [-0.1, -0.05) is 26.0 Å². The first-order valence-corrected chi connectivity index (χ1v) is 10.9. The first kappa shape index (κ1) is 27.0. The second kappa shape index (κ2) is 10.3. The number of ether oxygens (including phenoxy) is 2. The lowest BCUT2D eigenvalue weighted by molar-refractivity contribution is -0.164. The summed E-state index contributed by atoms with van der Waals surface area (Å²) in [6, 6.07) is 13.6. The van der Waals surface area contributed by atoms with Crippen molar-refractivity contribution in [1.82, 2.24) is 0 Å². The lowest BCUT2D eigenvalue weighted by Gasteiger charge is -2.35. The van der Waals surface area contributed by atoms with Gasteiger partial charge in [0.05, 0.1) is 23.1 Å². The van der Waals surface area contributed by atoms with E-state index in [1.807, 2.05) is 27.7 Å². The van der Waals surface area contributed by atoms with Gasteiger partial charge in [-0.15, -0.1) is 0 Å². The molecule has 0 saturated carbocycles. The third-order valence-electron chi connectivity index (χ3n) is 4.93. The fourth-order valence-corrected chi connectivity index (χ4v) is 3.62. The van der Waals surface area contributed by atoms with E-state index in [1.165, 1.54) is 18.2 Å². The van der Waals surface area contributed by atoms with Crippen LogP contribution in [0.3, 0.4) is 0 Å². The average Bonchev–Trinajstić information content (AvgIpc) is 2.70. The van der Waals surface area contributed by atoms with Crippen LogP contribution in [0.5, 0.6) is 5.75 Å². The van der Waals surface area contributed by atoms with Crippen molar-refractivity contribution in [3.8, 4) is 11.8 Å². The Hall–Kier alpha value is -3.27. The van der Waals surface area contributed by atoms with Crippen molar-refractivity contribution in [1.29, 1.82) is 5.26 Å². The molecule has 0 aliphatic heterocycles. The summed E-state index contributed by atoms with van der Waals surface area (Å²) in [6.07, 6.45) is -2.42. The molecule has 0 fully saturated rings. The zero-order valence-corrected chi connectivity index (χ0v) is 20.3. The Morgan fingerprint density at radius 1 is 0.971 bits per heavy atom. The third kappa shape index (κ3) is 7.95. The number of benzene rings is 2. The highest BCUT2D eigenvalue weighted by Crippen LogP contribution is 2.31. The quantitative estimate of drug-likeness (QED) is 0.229. The molecule has 34 heavy (non-hydrogen) atoms. The van der Waals surface area contributed by atoms with E-state index in [4.69, 9.17) is 9.47 Å². The maximum Gasteiger partial charge on any atom is 0.416 e. The minimum Gasteiger partial charge on any atom is -0.488 e. The van der Waals surface area contributed by atoms with Crippen LogP contribution >= 0.6 is 0 Å². The van der Waals surface area contributed by atoms with Gasteiger partial charge in [-0.2, -0.15) is 18.4 Å². The van der Waals surface area contributed by atoms with Gasteiger partial charge in [-0.05, 0) is 81.3 Å². The molecule has 182 valence electrons. The number of carbonyl (C=O) groups excluding carboxylic acids is 1. The fraction of sp³-hybridized carbons (Fsp3) is 0.407. The topological polar surface area (TPSA) is 59.3 Å². The number of halogens is 3. The smallest absolute Gasteiger partial charge is 0.416 e. The van der Waals surface area contributed by atoms with Gasteiger partial charge in [-0.25, -0.2) is 0 Å². The standard InChI is InChI=1S/C27H30F3NO3/c1-18(2)24(32)34-26(5,6)17-25(3,4)33-23-13-9-20(10-14-23)21(16-31)15-19-7-11-22(12-8-19)27(28,29)30/h7-15,18H,17H2,1-6H3/b21-15+. The first-order valence-electron chi connectivity index (χ1n) is 10.9. The number of nitrogens with zero attached hydrogens (tertiary/aromatic N) is 1. The summed E-state index contributed by atoms with van der Waals surface area (Å²) in [5.74, 6) is 0.0846. The van der Waals surface area contributed by atoms with E-state index in [0.29, 0.717) is 28.9 Å². The van der Waals surface area contributed by atoms with Gasteiger partial charge in [-0.3, -0.25) is 4.79 Å². The number of allylic oxidation sites excluding steroid dienone is 1. The van der Waals surface area contributed by atoms with Crippen LogP contribution in [0.1, 0.15) is 64.7 Å². The Labute approximate surface area is 199 Å². The lowest BCUT2D eigenvalue weighted by Crippen LogP contribution is -2.41. The van der Waals surface area contributed by atoms with E-state index in [-0.39, 0.29) is 11.9 Å². The van der Waals surface area contributed by atoms with Crippen LogP contribution in [-0.2, 0) is 15.7 Å². The molecule has 4 nitrogen and oxygen atoms in total. The molecule has 7 heteroatoms. The highest BCUT2D eigenvalue weighted by molar-refractivity contribution is 5.89. The van der Waals surface area contributed by atoms with E-state index < -0.39 is 22.9 Å². The van der Waals surface area contributed by atoms with Crippen LogP contribution in [0.25, 0.3) is 11.6 Å². The Morgan fingerprint density at radius 3 is 2.00 bits per heavy atom. The van der Waals surface area contributed by atoms with Crippen LogP contribution in [0.15, 0.2) is 48.5 Å². The molecular weight excluding hydrogens is 443 g/mol. The van der Waals surface area contributed by atoms with Gasteiger partial charge in [0.1, 0.15) is 17.0 Å². The summed E-state index contributed by atoms with van der Waals surface area (Å²) in [6.45, 7) is 11.0. The van der Waals surface area contributed by atoms with E-state index >= 15 is 0 Å². The monoisotopic (exact) mass is 473 g/mol. The highest BCUT2D eigenvalue weighted by atomic mass is 19.4. The predicted molar refractivity (Wildman–Crippen MR) is 126 cm³/mol. The normalized spacial score (nSPS) is 12.9. The molecule has 0 N–H and O–H groups in total. The predicted octanol–water partition coefficient (Wildman–Crippen LogP) is 7.29. The maximum absolute atomic E-state index is 12.7. The zero-order chi connectivity index (χ0) is 25.7. The fourth-order valence-electron chi connectivity index (χ4n) is 3.62. The molecule has 0 aliphatic carbocycles. The van der Waals surface area contributed by atoms with E-state index in [2.05, 4.69) is 6.07 Å². The van der Waals surface area contributed by atoms with Gasteiger partial charge in [0.15, 0.2) is 0 Å². The minimum absolute atomic E-state index is 0.221. The molecule has 0 amide bonds. The molecule has 0 heterocycles. The van der Waals surface area contributed by atoms with Crippen LogP contribution in [-0.4, -0.2) is 17.2 Å². The number of esters is 1. The molecule has 2 aromatic rings. The van der Waals surface area contributed by atoms with E-state index in [0.717, 1.165) is 12.1 Å². The molecule has 0 atom stereocenters. The van der Waals surface area contributed by atoms with Crippen molar-refractivity contribution < 1.29 is 27.4 Å². The SMILES string of the molecule is CC(C)C(=O)OC(C)(C)CC(C)(C)Oc1ccc(/C(C#N)=C/c2ccc(C(F)(F)F)cc2)cc1. The number of nitriles is 1. The van der Waals surface area contributed by atoms with Gasteiger partial charge in [0, 0.05) is 6.42 Å². The Morgan fingerprint density at radius 2 is 1.53 bits per heavy atom. The number of carbonyl (C=O) groups is 1. The molecule has 0 unspecified atom stereocenters. The molecule has 0 spiro atoms. The molecule has 0 aromatic heterocycles. The van der Waals surface area contributed by atoms with E-state index in [1.54, 1.807) is 38.1 Å². The van der Waals surface area contributed by atoms with Crippen molar-refractivity contribution >= 4 is 17.6 Å². The molecular formula is C27H30F3NO3. The summed E-state index contributed by atoms with van der Waals surface area (Å²) in [4.78, 5) is 12.0. The Kier molecular flexibility index (Phi) is 8.20. The maximum atomic E-state index is 12.7. The molecule has 2 aromatic carbocycles. The van der Waals surface area contributed by atoms with Crippen molar-refractivity contribution in [2.24, 2.45) is 5.92 Å². The molecule has 2 rings (SSSR count). The third-order valence-corrected chi connectivity index (χ3v) is 4.93. The largest absolute Gasteiger partial charge is 0.488 e. The number of rotatable bonds is 8. The highest BCUT2D eigenvalue weighted by Gasteiger charge is 2.34. The van der Waals surface area contributed by atoms with Crippen molar-refractivity contribution in [3.05, 3.63) is 65.2 Å². The molecule has 0 radical (unpaired) electrons. The molecule has 0 saturated heterocycles. The minimum atomic E-state index is -4.41. The molecule has 0 aliphatic rings. The number of hydrogen-bond donors (Lipinski definition) is 0. The number of alkyl halides is 3. The van der Waals surface area contributed by atoms with E-state index in [9.17, 15) is 23.2 Å². The average molecular weight is 474 g/mol. The summed E-state index contributed by atoms with van der Waals surface area (Å²) in [5.41, 5.74) is -0.691. The summed E-state index contributed by atoms with van der Waals surface area (Å²) in [5, 5.41) is 9.55. The van der Waals surface area contributed by atoms with Gasteiger partial charge < -0.3 is 9.47 Å².